The third kappa shape index (κ3) is 4.66. The molecule has 0 aromatic heterocycles. The summed E-state index contributed by atoms with van der Waals surface area (Å²) in [6.07, 6.45) is 1.69. The summed E-state index contributed by atoms with van der Waals surface area (Å²) in [6.45, 7) is 9.38. The van der Waals surface area contributed by atoms with Crippen LogP contribution in [0, 0.1) is 6.92 Å². The Hall–Kier alpha value is -2.68. The van der Waals surface area contributed by atoms with E-state index in [9.17, 15) is 9.59 Å². The molecule has 0 bridgehead atoms. The van der Waals surface area contributed by atoms with E-state index in [1.807, 2.05) is 19.1 Å². The number of carbonyl (C=O) groups is 2. The van der Waals surface area contributed by atoms with E-state index in [2.05, 4.69) is 30.9 Å². The topological polar surface area (TPSA) is 37.4 Å². The Kier molecular flexibility index (Phi) is 6.29. The summed E-state index contributed by atoms with van der Waals surface area (Å²) in [4.78, 5) is 26.3. The third-order valence-corrected chi connectivity index (χ3v) is 4.30. The summed E-state index contributed by atoms with van der Waals surface area (Å²) < 4.78 is 0. The van der Waals surface area contributed by atoms with Gasteiger partial charge in [0.05, 0.1) is 0 Å². The van der Waals surface area contributed by atoms with E-state index in [1.165, 1.54) is 12.5 Å². The molecule has 0 aliphatic rings. The van der Waals surface area contributed by atoms with Crippen LogP contribution in [0.15, 0.2) is 54.6 Å². The number of nitrogens with zero attached hydrogens (tertiary/aromatic N) is 1. The van der Waals surface area contributed by atoms with Crippen molar-refractivity contribution in [1.82, 2.24) is 4.90 Å². The molecule has 3 heteroatoms. The van der Waals surface area contributed by atoms with Crippen LogP contribution in [-0.4, -0.2) is 29.6 Å². The molecule has 0 aliphatic carbocycles. The molecule has 0 heterocycles. The highest BCUT2D eigenvalue weighted by molar-refractivity contribution is 6.08. The smallest absolute Gasteiger partial charge is 0.187 e. The minimum Gasteiger partial charge on any atom is -0.371 e. The molecule has 0 unspecified atom stereocenters. The van der Waals surface area contributed by atoms with E-state index in [1.54, 1.807) is 30.3 Å². The van der Waals surface area contributed by atoms with Gasteiger partial charge in [-0.3, -0.25) is 9.59 Å². The maximum absolute atomic E-state index is 12.7. The van der Waals surface area contributed by atoms with Crippen LogP contribution >= 0.6 is 0 Å². The lowest BCUT2D eigenvalue weighted by molar-refractivity contribution is 0.101. The molecule has 0 N–H and O–H groups in total. The Morgan fingerprint density at radius 3 is 1.80 bits per heavy atom. The lowest BCUT2D eigenvalue weighted by Gasteiger charge is -2.25. The summed E-state index contributed by atoms with van der Waals surface area (Å²) in [6, 6.07) is 15.0. The highest BCUT2D eigenvalue weighted by Crippen LogP contribution is 2.21. The first-order valence-corrected chi connectivity index (χ1v) is 8.65. The maximum Gasteiger partial charge on any atom is 0.187 e. The zero-order chi connectivity index (χ0) is 18.4. The van der Waals surface area contributed by atoms with E-state index in [0.717, 1.165) is 24.4 Å². The number of rotatable bonds is 7. The van der Waals surface area contributed by atoms with Crippen LogP contribution in [0.25, 0.3) is 5.70 Å². The van der Waals surface area contributed by atoms with Gasteiger partial charge in [0.1, 0.15) is 0 Å². The molecule has 3 nitrogen and oxygen atoms in total. The molecular formula is C22H25NO2. The second-order valence-corrected chi connectivity index (χ2v) is 6.07. The zero-order valence-corrected chi connectivity index (χ0v) is 15.4. The molecule has 2 aromatic rings. The fourth-order valence-electron chi connectivity index (χ4n) is 2.72. The van der Waals surface area contributed by atoms with E-state index < -0.39 is 0 Å². The number of ketones is 2. The molecule has 2 aromatic carbocycles. The van der Waals surface area contributed by atoms with Gasteiger partial charge < -0.3 is 4.90 Å². The predicted molar refractivity (Wildman–Crippen MR) is 103 cm³/mol. The van der Waals surface area contributed by atoms with Crippen molar-refractivity contribution in [3.05, 3.63) is 76.9 Å². The van der Waals surface area contributed by atoms with Gasteiger partial charge in [-0.1, -0.05) is 54.1 Å². The van der Waals surface area contributed by atoms with Gasteiger partial charge in [-0.25, -0.2) is 0 Å². The molecule has 0 radical (unpaired) electrons. The predicted octanol–water partition coefficient (Wildman–Crippen LogP) is 4.76. The average molecular weight is 335 g/mol. The Morgan fingerprint density at radius 1 is 0.840 bits per heavy atom. The second kappa shape index (κ2) is 8.43. The van der Waals surface area contributed by atoms with Crippen LogP contribution in [0.2, 0.25) is 0 Å². The summed E-state index contributed by atoms with van der Waals surface area (Å²) in [5.74, 6) is -0.0596. The average Bonchev–Trinajstić information content (AvgIpc) is 2.62. The molecule has 0 spiro atoms. The summed E-state index contributed by atoms with van der Waals surface area (Å²) in [7, 11) is 0. The van der Waals surface area contributed by atoms with E-state index in [4.69, 9.17) is 0 Å². The third-order valence-electron chi connectivity index (χ3n) is 4.30. The lowest BCUT2D eigenvalue weighted by atomic mass is 10.0. The van der Waals surface area contributed by atoms with Gasteiger partial charge in [-0.2, -0.15) is 0 Å². The van der Waals surface area contributed by atoms with Crippen molar-refractivity contribution in [1.29, 1.82) is 0 Å². The first-order chi connectivity index (χ1) is 12.0. The first-order valence-electron chi connectivity index (χ1n) is 8.65. The number of aryl methyl sites for hydroxylation is 1. The van der Waals surface area contributed by atoms with Gasteiger partial charge in [-0.05, 0) is 33.3 Å². The fourth-order valence-corrected chi connectivity index (χ4v) is 2.72. The van der Waals surface area contributed by atoms with Crippen molar-refractivity contribution >= 4 is 17.3 Å². The van der Waals surface area contributed by atoms with Gasteiger partial charge in [0.15, 0.2) is 11.6 Å². The molecule has 0 saturated carbocycles. The number of carbonyl (C=O) groups excluding carboxylic acids is 2. The van der Waals surface area contributed by atoms with Gasteiger partial charge in [0, 0.05) is 36.0 Å². The molecule has 0 aliphatic heterocycles. The van der Waals surface area contributed by atoms with Gasteiger partial charge in [0.2, 0.25) is 0 Å². The standard InChI is InChI=1S/C22H25NO2/c1-5-23(6-2)21(19-9-7-16(3)8-10-19)15-22(25)20-13-11-18(12-14-20)17(4)24/h7-15H,5-6H2,1-4H3/b21-15-. The normalized spacial score (nSPS) is 11.3. The fraction of sp³-hybridized carbons (Fsp3) is 0.273. The number of allylic oxidation sites excluding steroid dienone is 1. The Labute approximate surface area is 150 Å². The van der Waals surface area contributed by atoms with Gasteiger partial charge in [0.25, 0.3) is 0 Å². The van der Waals surface area contributed by atoms with E-state index in [0.29, 0.717) is 11.1 Å². The lowest BCUT2D eigenvalue weighted by Crippen LogP contribution is -2.22. The molecule has 0 atom stereocenters. The molecule has 130 valence electrons. The first kappa shape index (κ1) is 18.7. The second-order valence-electron chi connectivity index (χ2n) is 6.07. The Morgan fingerprint density at radius 2 is 1.32 bits per heavy atom. The van der Waals surface area contributed by atoms with Crippen LogP contribution in [0.3, 0.4) is 0 Å². The van der Waals surface area contributed by atoms with Crippen molar-refractivity contribution in [2.75, 3.05) is 13.1 Å². The van der Waals surface area contributed by atoms with Crippen LogP contribution in [0.1, 0.15) is 52.6 Å². The van der Waals surface area contributed by atoms with Crippen LogP contribution in [0.5, 0.6) is 0 Å². The van der Waals surface area contributed by atoms with Crippen LogP contribution < -0.4 is 0 Å². The zero-order valence-electron chi connectivity index (χ0n) is 15.4. The highest BCUT2D eigenvalue weighted by atomic mass is 16.1. The molecule has 25 heavy (non-hydrogen) atoms. The summed E-state index contributed by atoms with van der Waals surface area (Å²) >= 11 is 0. The quantitative estimate of drug-likeness (QED) is 0.540. The number of hydrogen-bond acceptors (Lipinski definition) is 3. The van der Waals surface area contributed by atoms with Crippen LogP contribution in [0.4, 0.5) is 0 Å². The Bertz CT molecular complexity index is 767. The van der Waals surface area contributed by atoms with Gasteiger partial charge in [-0.15, -0.1) is 0 Å². The summed E-state index contributed by atoms with van der Waals surface area (Å²) in [5.41, 5.74) is 4.34. The minimum absolute atomic E-state index is 0.00183. The number of hydrogen-bond donors (Lipinski definition) is 0. The molecule has 0 amide bonds. The van der Waals surface area contributed by atoms with Crippen molar-refractivity contribution in [3.63, 3.8) is 0 Å². The van der Waals surface area contributed by atoms with E-state index in [-0.39, 0.29) is 11.6 Å². The largest absolute Gasteiger partial charge is 0.371 e. The van der Waals surface area contributed by atoms with Gasteiger partial charge >= 0.3 is 0 Å². The molecule has 2 rings (SSSR count). The van der Waals surface area contributed by atoms with Crippen molar-refractivity contribution in [2.45, 2.75) is 27.7 Å². The van der Waals surface area contributed by atoms with Crippen molar-refractivity contribution in [3.8, 4) is 0 Å². The molecule has 0 fully saturated rings. The Balaban J connectivity index is 2.39. The van der Waals surface area contributed by atoms with E-state index >= 15 is 0 Å². The highest BCUT2D eigenvalue weighted by Gasteiger charge is 2.12. The summed E-state index contributed by atoms with van der Waals surface area (Å²) in [5, 5.41) is 0. The minimum atomic E-state index is -0.0578. The SMILES string of the molecule is CCN(CC)/C(=C\C(=O)c1ccc(C(C)=O)cc1)c1ccc(C)cc1. The maximum atomic E-state index is 12.7. The van der Waals surface area contributed by atoms with Crippen LogP contribution in [-0.2, 0) is 0 Å². The number of benzene rings is 2. The molecule has 0 saturated heterocycles. The van der Waals surface area contributed by atoms with Crippen molar-refractivity contribution < 1.29 is 9.59 Å². The van der Waals surface area contributed by atoms with Crippen molar-refractivity contribution in [2.24, 2.45) is 0 Å². The monoisotopic (exact) mass is 335 g/mol. The molecular weight excluding hydrogens is 310 g/mol. The number of Topliss-reactive ketones (excluding diaryl/α,β-unsaturated/α-hetero) is 1.